The van der Waals surface area contributed by atoms with Crippen LogP contribution in [-0.4, -0.2) is 43.3 Å². The molecular weight excluding hydrogens is 484 g/mol. The van der Waals surface area contributed by atoms with E-state index in [0.717, 1.165) is 5.75 Å². The minimum Gasteiger partial charge on any atom is -0.449 e. The van der Waals surface area contributed by atoms with Gasteiger partial charge in [0.15, 0.2) is 0 Å². The van der Waals surface area contributed by atoms with Gasteiger partial charge >= 0.3 is 6.09 Å². The minimum atomic E-state index is -0.756. The zero-order valence-corrected chi connectivity index (χ0v) is 23.6. The SMILES string of the molecule is CC(C)COC(=O)NC(=N[C@@H](CC(C)(C)C)C(=O)NCC#N)c1ccccc1.CSCc1ccccc1. The summed E-state index contributed by atoms with van der Waals surface area (Å²) >= 11 is 1.85. The Hall–Kier alpha value is -3.31. The number of nitriles is 1. The van der Waals surface area contributed by atoms with Crippen molar-refractivity contribution in [3.05, 3.63) is 71.8 Å². The molecule has 2 amide bonds. The lowest BCUT2D eigenvalue weighted by Crippen LogP contribution is -2.39. The van der Waals surface area contributed by atoms with E-state index in [1.54, 1.807) is 12.1 Å². The second kappa shape index (κ2) is 17.2. The molecule has 8 heteroatoms. The zero-order chi connectivity index (χ0) is 27.7. The smallest absolute Gasteiger partial charge is 0.412 e. The molecule has 0 radical (unpaired) electrons. The first-order valence-electron chi connectivity index (χ1n) is 12.3. The highest BCUT2D eigenvalue weighted by Gasteiger charge is 2.25. The van der Waals surface area contributed by atoms with Gasteiger partial charge in [0.1, 0.15) is 18.4 Å². The summed E-state index contributed by atoms with van der Waals surface area (Å²) in [5, 5.41) is 14.0. The Bertz CT molecular complexity index is 1010. The number of carbonyl (C=O) groups is 2. The number of hydrogen-bond donors (Lipinski definition) is 2. The van der Waals surface area contributed by atoms with Crippen LogP contribution >= 0.6 is 11.8 Å². The predicted molar refractivity (Wildman–Crippen MR) is 152 cm³/mol. The molecule has 2 aromatic rings. The highest BCUT2D eigenvalue weighted by atomic mass is 32.2. The van der Waals surface area contributed by atoms with E-state index in [4.69, 9.17) is 10.00 Å². The molecule has 7 nitrogen and oxygen atoms in total. The maximum atomic E-state index is 12.5. The van der Waals surface area contributed by atoms with Gasteiger partial charge in [-0.3, -0.25) is 15.1 Å². The van der Waals surface area contributed by atoms with Crippen molar-refractivity contribution in [2.75, 3.05) is 19.4 Å². The van der Waals surface area contributed by atoms with Crippen LogP contribution < -0.4 is 10.6 Å². The number of benzene rings is 2. The highest BCUT2D eigenvalue weighted by molar-refractivity contribution is 7.97. The van der Waals surface area contributed by atoms with Crippen LogP contribution in [0.5, 0.6) is 0 Å². The van der Waals surface area contributed by atoms with E-state index in [9.17, 15) is 9.59 Å². The van der Waals surface area contributed by atoms with Crippen molar-refractivity contribution in [2.45, 2.75) is 52.8 Å². The van der Waals surface area contributed by atoms with Crippen LogP contribution in [0.3, 0.4) is 0 Å². The fraction of sp³-hybridized carbons (Fsp3) is 0.448. The molecule has 2 aromatic carbocycles. The molecule has 0 aliphatic carbocycles. The number of ether oxygens (including phenoxy) is 1. The van der Waals surface area contributed by atoms with E-state index in [-0.39, 0.29) is 36.2 Å². The van der Waals surface area contributed by atoms with E-state index in [0.29, 0.717) is 12.0 Å². The third-order valence-electron chi connectivity index (χ3n) is 4.70. The molecule has 0 aliphatic rings. The van der Waals surface area contributed by atoms with Gasteiger partial charge in [-0.1, -0.05) is 95.3 Å². The third-order valence-corrected chi connectivity index (χ3v) is 5.33. The van der Waals surface area contributed by atoms with Crippen molar-refractivity contribution in [2.24, 2.45) is 16.3 Å². The topological polar surface area (TPSA) is 104 Å². The Morgan fingerprint density at radius 1 is 1.05 bits per heavy atom. The Morgan fingerprint density at radius 2 is 1.65 bits per heavy atom. The first-order valence-corrected chi connectivity index (χ1v) is 13.7. The standard InChI is InChI=1S/C21H30N4O3.C8H10S/c1-15(2)14-28-20(27)25-18(16-9-7-6-8-10-16)24-17(13-21(3,4)5)19(26)23-12-11-22;1-9-7-8-5-3-2-4-6-8/h6-10,15,17H,12-14H2,1-5H3,(H,23,26)(H,24,25,27);2-6H,7H2,1H3/t17-;/m0./s1. The van der Waals surface area contributed by atoms with Crippen molar-refractivity contribution < 1.29 is 14.3 Å². The lowest BCUT2D eigenvalue weighted by Gasteiger charge is -2.23. The average Bonchev–Trinajstić information content (AvgIpc) is 2.86. The summed E-state index contributed by atoms with van der Waals surface area (Å²) in [7, 11) is 0. The van der Waals surface area contributed by atoms with Crippen molar-refractivity contribution in [1.82, 2.24) is 10.6 Å². The molecule has 0 saturated carbocycles. The number of aliphatic imine (C=N–C) groups is 1. The largest absolute Gasteiger partial charge is 0.449 e. The van der Waals surface area contributed by atoms with Crippen molar-refractivity contribution >= 4 is 29.6 Å². The second-order valence-corrected chi connectivity index (χ2v) is 10.9. The van der Waals surface area contributed by atoms with Gasteiger partial charge < -0.3 is 10.1 Å². The molecule has 0 unspecified atom stereocenters. The molecule has 0 heterocycles. The van der Waals surface area contributed by atoms with Gasteiger partial charge in [-0.05, 0) is 29.6 Å². The number of hydrogen-bond acceptors (Lipinski definition) is 6. The Morgan fingerprint density at radius 3 is 2.16 bits per heavy atom. The Balaban J connectivity index is 0.000000635. The fourth-order valence-electron chi connectivity index (χ4n) is 3.07. The first kappa shape index (κ1) is 31.7. The van der Waals surface area contributed by atoms with Crippen LogP contribution in [0.1, 0.15) is 52.2 Å². The maximum absolute atomic E-state index is 12.5. The summed E-state index contributed by atoms with van der Waals surface area (Å²) in [5.74, 6) is 1.23. The van der Waals surface area contributed by atoms with Gasteiger partial charge in [0, 0.05) is 11.3 Å². The van der Waals surface area contributed by atoms with Crippen molar-refractivity contribution in [1.29, 1.82) is 5.26 Å². The van der Waals surface area contributed by atoms with Gasteiger partial charge in [-0.15, -0.1) is 0 Å². The summed E-state index contributed by atoms with van der Waals surface area (Å²) < 4.78 is 5.19. The average molecular weight is 525 g/mol. The lowest BCUT2D eigenvalue weighted by molar-refractivity contribution is -0.122. The summed E-state index contributed by atoms with van der Waals surface area (Å²) in [6.07, 6.45) is 1.94. The number of amidine groups is 1. The Kier molecular flexibility index (Phi) is 14.7. The van der Waals surface area contributed by atoms with E-state index in [1.165, 1.54) is 5.56 Å². The van der Waals surface area contributed by atoms with Crippen molar-refractivity contribution in [3.8, 4) is 6.07 Å². The minimum absolute atomic E-state index is 0.0977. The molecule has 0 aromatic heterocycles. The second-order valence-electron chi connectivity index (χ2n) is 10.0. The molecule has 37 heavy (non-hydrogen) atoms. The molecular formula is C29H40N4O3S. The first-order chi connectivity index (χ1) is 17.6. The highest BCUT2D eigenvalue weighted by Crippen LogP contribution is 2.23. The molecule has 200 valence electrons. The monoisotopic (exact) mass is 524 g/mol. The number of nitrogens with one attached hydrogen (secondary N) is 2. The number of nitrogens with zero attached hydrogens (tertiary/aromatic N) is 2. The molecule has 1 atom stereocenters. The van der Waals surface area contributed by atoms with Crippen LogP contribution in [-0.2, 0) is 15.3 Å². The normalized spacial score (nSPS) is 12.0. The quantitative estimate of drug-likeness (QED) is 0.245. The zero-order valence-electron chi connectivity index (χ0n) is 22.8. The van der Waals surface area contributed by atoms with Crippen LogP contribution in [0.25, 0.3) is 0 Å². The van der Waals surface area contributed by atoms with Crippen LogP contribution in [0.15, 0.2) is 65.7 Å². The van der Waals surface area contributed by atoms with E-state index in [1.807, 2.05) is 76.7 Å². The summed E-state index contributed by atoms with van der Waals surface area (Å²) in [4.78, 5) is 29.3. The molecule has 2 N–H and O–H groups in total. The Labute approximate surface area is 226 Å². The summed E-state index contributed by atoms with van der Waals surface area (Å²) in [5.41, 5.74) is 1.89. The predicted octanol–water partition coefficient (Wildman–Crippen LogP) is 5.81. The third kappa shape index (κ3) is 14.7. The fourth-order valence-corrected chi connectivity index (χ4v) is 3.59. The number of rotatable bonds is 9. The number of thioether (sulfide) groups is 1. The summed E-state index contributed by atoms with van der Waals surface area (Å²) in [6, 6.07) is 20.7. The van der Waals surface area contributed by atoms with E-state index >= 15 is 0 Å². The molecule has 0 saturated heterocycles. The molecule has 0 aliphatic heterocycles. The molecule has 2 rings (SSSR count). The van der Waals surface area contributed by atoms with Gasteiger partial charge in [-0.25, -0.2) is 4.79 Å². The van der Waals surface area contributed by atoms with Crippen LogP contribution in [0, 0.1) is 22.7 Å². The maximum Gasteiger partial charge on any atom is 0.412 e. The molecule has 0 bridgehead atoms. The van der Waals surface area contributed by atoms with Gasteiger partial charge in [0.05, 0.1) is 12.7 Å². The number of alkyl carbamates (subject to hydrolysis) is 1. The van der Waals surface area contributed by atoms with Crippen molar-refractivity contribution in [3.63, 3.8) is 0 Å². The van der Waals surface area contributed by atoms with Crippen LogP contribution in [0.4, 0.5) is 4.79 Å². The summed E-state index contributed by atoms with van der Waals surface area (Å²) in [6.45, 7) is 10.1. The number of carbonyl (C=O) groups excluding carboxylic acids is 2. The lowest BCUT2D eigenvalue weighted by atomic mass is 9.88. The van der Waals surface area contributed by atoms with E-state index < -0.39 is 12.1 Å². The van der Waals surface area contributed by atoms with Crippen LogP contribution in [0.2, 0.25) is 0 Å². The molecule has 0 spiro atoms. The molecule has 0 fully saturated rings. The number of amides is 2. The van der Waals surface area contributed by atoms with E-state index in [2.05, 4.69) is 46.1 Å². The van der Waals surface area contributed by atoms with Gasteiger partial charge in [-0.2, -0.15) is 17.0 Å². The van der Waals surface area contributed by atoms with Gasteiger partial charge in [0.25, 0.3) is 0 Å². The van der Waals surface area contributed by atoms with Gasteiger partial charge in [0.2, 0.25) is 5.91 Å².